The van der Waals surface area contributed by atoms with Crippen LogP contribution in [0.25, 0.3) is 11.3 Å². The average molecular weight is 342 g/mol. The van der Waals surface area contributed by atoms with Crippen LogP contribution < -0.4 is 5.32 Å². The number of pyridine rings is 1. The van der Waals surface area contributed by atoms with Crippen molar-refractivity contribution in [2.24, 2.45) is 0 Å². The lowest BCUT2D eigenvalue weighted by Gasteiger charge is -2.10. The summed E-state index contributed by atoms with van der Waals surface area (Å²) in [5, 5.41) is 2.92. The molecule has 0 saturated carbocycles. The number of amides is 1. The van der Waals surface area contributed by atoms with Crippen LogP contribution in [0.2, 0.25) is 0 Å². The van der Waals surface area contributed by atoms with Gasteiger partial charge in [-0.05, 0) is 56.4 Å². The van der Waals surface area contributed by atoms with Gasteiger partial charge in [-0.3, -0.25) is 9.78 Å². The van der Waals surface area contributed by atoms with Gasteiger partial charge in [0.05, 0.1) is 6.10 Å². The Hall–Kier alpha value is -2.27. The summed E-state index contributed by atoms with van der Waals surface area (Å²) in [7, 11) is 0. The van der Waals surface area contributed by atoms with E-state index in [2.05, 4.69) is 10.3 Å². The first kappa shape index (κ1) is 17.5. The number of carbonyl (C=O) groups is 1. The Bertz CT molecular complexity index is 714. The molecule has 0 aliphatic carbocycles. The van der Waals surface area contributed by atoms with Crippen LogP contribution in [0.1, 0.15) is 42.5 Å². The zero-order chi connectivity index (χ0) is 17.5. The largest absolute Gasteiger partial charge is 0.378 e. The fourth-order valence-electron chi connectivity index (χ4n) is 3.08. The van der Waals surface area contributed by atoms with Crippen molar-refractivity contribution in [2.45, 2.75) is 38.2 Å². The lowest BCUT2D eigenvalue weighted by atomic mass is 10.1. The van der Waals surface area contributed by atoms with Crippen molar-refractivity contribution in [3.8, 4) is 11.3 Å². The lowest BCUT2D eigenvalue weighted by Crippen LogP contribution is -2.24. The van der Waals surface area contributed by atoms with Gasteiger partial charge in [0.2, 0.25) is 0 Å². The van der Waals surface area contributed by atoms with Crippen molar-refractivity contribution < 1.29 is 13.9 Å². The number of ether oxygens (including phenoxy) is 1. The van der Waals surface area contributed by atoms with Gasteiger partial charge in [0.15, 0.2) is 0 Å². The van der Waals surface area contributed by atoms with Crippen LogP contribution >= 0.6 is 0 Å². The lowest BCUT2D eigenvalue weighted by molar-refractivity contribution is 0.0947. The molecule has 2 heterocycles. The van der Waals surface area contributed by atoms with Gasteiger partial charge in [-0.2, -0.15) is 0 Å². The third kappa shape index (κ3) is 4.86. The number of nitrogens with one attached hydrogen (secondary N) is 1. The Kier molecular flexibility index (Phi) is 6.12. The van der Waals surface area contributed by atoms with Gasteiger partial charge in [-0.1, -0.05) is 12.1 Å². The Morgan fingerprint density at radius 2 is 2.20 bits per heavy atom. The van der Waals surface area contributed by atoms with Crippen LogP contribution in [-0.2, 0) is 4.74 Å². The van der Waals surface area contributed by atoms with Crippen LogP contribution in [0.15, 0.2) is 42.6 Å². The summed E-state index contributed by atoms with van der Waals surface area (Å²) in [5.74, 6) is -0.538. The summed E-state index contributed by atoms with van der Waals surface area (Å²) in [5.41, 5.74) is 1.37. The molecule has 0 bridgehead atoms. The maximum absolute atomic E-state index is 13.9. The fraction of sp³-hybridized carbons (Fsp3) is 0.400. The van der Waals surface area contributed by atoms with Crippen LogP contribution in [0.3, 0.4) is 0 Å². The highest BCUT2D eigenvalue weighted by atomic mass is 19.1. The van der Waals surface area contributed by atoms with E-state index in [9.17, 15) is 9.18 Å². The van der Waals surface area contributed by atoms with Crippen molar-refractivity contribution in [1.29, 1.82) is 0 Å². The topological polar surface area (TPSA) is 51.2 Å². The minimum atomic E-state index is -0.394. The van der Waals surface area contributed by atoms with E-state index in [1.807, 2.05) is 0 Å². The molecule has 1 aliphatic rings. The van der Waals surface area contributed by atoms with Crippen LogP contribution in [0.4, 0.5) is 4.39 Å². The number of aromatic nitrogens is 1. The minimum absolute atomic E-state index is 0.143. The number of carbonyl (C=O) groups excluding carboxylic acids is 1. The SMILES string of the molecule is O=C(NCCCCC1CCCO1)c1cccc(-c2ncccc2F)c1. The first-order valence-corrected chi connectivity index (χ1v) is 8.85. The number of hydrogen-bond acceptors (Lipinski definition) is 3. The van der Waals surface area contributed by atoms with Gasteiger partial charge in [0, 0.05) is 30.5 Å². The predicted octanol–water partition coefficient (Wildman–Crippen LogP) is 3.97. The van der Waals surface area contributed by atoms with Crippen LogP contribution in [-0.4, -0.2) is 30.1 Å². The smallest absolute Gasteiger partial charge is 0.251 e. The van der Waals surface area contributed by atoms with E-state index in [4.69, 9.17) is 4.74 Å². The van der Waals surface area contributed by atoms with Crippen molar-refractivity contribution >= 4 is 5.91 Å². The number of unbranched alkanes of at least 4 members (excludes halogenated alkanes) is 1. The number of benzene rings is 1. The molecule has 0 radical (unpaired) electrons. The summed E-state index contributed by atoms with van der Waals surface area (Å²) in [6.07, 6.45) is 7.30. The first-order valence-electron chi connectivity index (χ1n) is 8.85. The molecule has 4 nitrogen and oxygen atoms in total. The van der Waals surface area contributed by atoms with E-state index >= 15 is 0 Å². The summed E-state index contributed by atoms with van der Waals surface area (Å²) in [4.78, 5) is 16.3. The molecule has 3 rings (SSSR count). The van der Waals surface area contributed by atoms with Gasteiger partial charge < -0.3 is 10.1 Å². The predicted molar refractivity (Wildman–Crippen MR) is 94.8 cm³/mol. The van der Waals surface area contributed by atoms with E-state index in [0.29, 0.717) is 23.8 Å². The molecular formula is C20H23FN2O2. The molecule has 1 aromatic carbocycles. The third-order valence-corrected chi connectivity index (χ3v) is 4.42. The minimum Gasteiger partial charge on any atom is -0.378 e. The molecule has 1 amide bonds. The number of nitrogens with zero attached hydrogens (tertiary/aromatic N) is 1. The zero-order valence-electron chi connectivity index (χ0n) is 14.2. The van der Waals surface area contributed by atoms with E-state index in [-0.39, 0.29) is 11.6 Å². The van der Waals surface area contributed by atoms with Crippen molar-refractivity contribution in [1.82, 2.24) is 10.3 Å². The number of halogens is 1. The van der Waals surface area contributed by atoms with Crippen molar-refractivity contribution in [2.75, 3.05) is 13.2 Å². The monoisotopic (exact) mass is 342 g/mol. The quantitative estimate of drug-likeness (QED) is 0.775. The maximum atomic E-state index is 13.9. The van der Waals surface area contributed by atoms with E-state index in [1.54, 1.807) is 36.5 Å². The fourth-order valence-corrected chi connectivity index (χ4v) is 3.08. The highest BCUT2D eigenvalue weighted by molar-refractivity contribution is 5.95. The third-order valence-electron chi connectivity index (χ3n) is 4.42. The van der Waals surface area contributed by atoms with Gasteiger partial charge in [-0.25, -0.2) is 4.39 Å². The molecule has 1 fully saturated rings. The highest BCUT2D eigenvalue weighted by Gasteiger charge is 2.14. The normalized spacial score (nSPS) is 16.8. The molecular weight excluding hydrogens is 319 g/mol. The molecule has 1 N–H and O–H groups in total. The molecule has 1 atom stereocenters. The van der Waals surface area contributed by atoms with Gasteiger partial charge >= 0.3 is 0 Å². The maximum Gasteiger partial charge on any atom is 0.251 e. The second kappa shape index (κ2) is 8.72. The van der Waals surface area contributed by atoms with E-state index in [0.717, 1.165) is 38.7 Å². The Balaban J connectivity index is 1.50. The van der Waals surface area contributed by atoms with Gasteiger partial charge in [-0.15, -0.1) is 0 Å². The van der Waals surface area contributed by atoms with Crippen LogP contribution in [0, 0.1) is 5.82 Å². The van der Waals surface area contributed by atoms with Crippen LogP contribution in [0.5, 0.6) is 0 Å². The molecule has 1 unspecified atom stereocenters. The summed E-state index contributed by atoms with van der Waals surface area (Å²) < 4.78 is 19.4. The van der Waals surface area contributed by atoms with E-state index < -0.39 is 5.82 Å². The molecule has 25 heavy (non-hydrogen) atoms. The summed E-state index contributed by atoms with van der Waals surface area (Å²) in [6.45, 7) is 1.52. The van der Waals surface area contributed by atoms with Crippen molar-refractivity contribution in [3.05, 3.63) is 54.0 Å². The van der Waals surface area contributed by atoms with E-state index in [1.165, 1.54) is 6.07 Å². The Morgan fingerprint density at radius 3 is 3.00 bits per heavy atom. The standard InChI is InChI=1S/C20H23FN2O2/c21-18-10-4-12-22-19(18)15-6-3-7-16(14-15)20(24)23-11-2-1-8-17-9-5-13-25-17/h3-4,6-7,10,12,14,17H,1-2,5,8-9,11,13H2,(H,23,24). The molecule has 1 saturated heterocycles. The Labute approximate surface area is 147 Å². The number of hydrogen-bond donors (Lipinski definition) is 1. The molecule has 132 valence electrons. The zero-order valence-corrected chi connectivity index (χ0v) is 14.2. The van der Waals surface area contributed by atoms with Gasteiger partial charge in [0.1, 0.15) is 11.5 Å². The second-order valence-corrected chi connectivity index (χ2v) is 6.30. The molecule has 1 aliphatic heterocycles. The molecule has 5 heteroatoms. The summed E-state index contributed by atoms with van der Waals surface area (Å²) in [6, 6.07) is 9.81. The molecule has 0 spiro atoms. The highest BCUT2D eigenvalue weighted by Crippen LogP contribution is 2.21. The van der Waals surface area contributed by atoms with Crippen molar-refractivity contribution in [3.63, 3.8) is 0 Å². The molecule has 2 aromatic rings. The average Bonchev–Trinajstić information content (AvgIpc) is 3.15. The summed E-state index contributed by atoms with van der Waals surface area (Å²) >= 11 is 0. The number of rotatable bonds is 7. The van der Waals surface area contributed by atoms with Gasteiger partial charge in [0.25, 0.3) is 5.91 Å². The molecule has 1 aromatic heterocycles. The first-order chi connectivity index (χ1) is 12.2. The second-order valence-electron chi connectivity index (χ2n) is 6.30. The Morgan fingerprint density at radius 1 is 1.28 bits per heavy atom.